The number of hydrogen-bond donors (Lipinski definition) is 1. The third-order valence-electron chi connectivity index (χ3n) is 3.50. The minimum absolute atomic E-state index is 0.0506. The summed E-state index contributed by atoms with van der Waals surface area (Å²) >= 11 is 0. The molecule has 3 rings (SSSR count). The van der Waals surface area contributed by atoms with Crippen molar-refractivity contribution in [3.8, 4) is 5.75 Å². The lowest BCUT2D eigenvalue weighted by Crippen LogP contribution is -2.26. The summed E-state index contributed by atoms with van der Waals surface area (Å²) < 4.78 is 5.45. The molecule has 2 N–H and O–H groups in total. The summed E-state index contributed by atoms with van der Waals surface area (Å²) in [6.45, 7) is 0.692. The second-order valence-electron chi connectivity index (χ2n) is 4.88. The van der Waals surface area contributed by atoms with Crippen LogP contribution in [0, 0.1) is 0 Å². The molecule has 2 aromatic carbocycles. The van der Waals surface area contributed by atoms with Gasteiger partial charge >= 0.3 is 0 Å². The normalized spacial score (nSPS) is 12.7. The molecule has 4 heteroatoms. The Bertz CT molecular complexity index is 667. The number of carbonyl (C=O) groups is 1. The van der Waals surface area contributed by atoms with Crippen molar-refractivity contribution < 1.29 is 9.53 Å². The molecule has 0 saturated carbocycles. The number of rotatable bonds is 2. The molecule has 1 heterocycles. The number of carbonyl (C=O) groups excluding carboxylic acids is 1. The Morgan fingerprint density at radius 3 is 2.90 bits per heavy atom. The number of nitrogens with zero attached hydrogens (tertiary/aromatic N) is 1. The lowest BCUT2D eigenvalue weighted by molar-refractivity contribution is 0.0993. The monoisotopic (exact) mass is 268 g/mol. The number of hydrogen-bond acceptors (Lipinski definition) is 3. The van der Waals surface area contributed by atoms with Crippen molar-refractivity contribution in [3.05, 3.63) is 53.6 Å². The van der Waals surface area contributed by atoms with Crippen LogP contribution in [0.2, 0.25) is 0 Å². The Kier molecular flexibility index (Phi) is 3.06. The highest BCUT2D eigenvalue weighted by Crippen LogP contribution is 2.27. The Morgan fingerprint density at radius 1 is 1.25 bits per heavy atom. The fourth-order valence-electron chi connectivity index (χ4n) is 2.36. The van der Waals surface area contributed by atoms with Crippen molar-refractivity contribution in [2.24, 2.45) is 0 Å². The third kappa shape index (κ3) is 2.20. The molecule has 0 atom stereocenters. The smallest absolute Gasteiger partial charge is 0.258 e. The summed E-state index contributed by atoms with van der Waals surface area (Å²) in [5, 5.41) is 0. The molecule has 0 radical (unpaired) electrons. The number of nitrogens with two attached hydrogens (primary N) is 1. The first-order chi connectivity index (χ1) is 9.65. The van der Waals surface area contributed by atoms with Crippen LogP contribution in [-0.4, -0.2) is 19.6 Å². The molecule has 20 heavy (non-hydrogen) atoms. The minimum Gasteiger partial charge on any atom is -0.493 e. The van der Waals surface area contributed by atoms with Gasteiger partial charge in [0.05, 0.1) is 6.61 Å². The molecule has 102 valence electrons. The van der Waals surface area contributed by atoms with E-state index in [1.807, 2.05) is 24.3 Å². The number of amides is 1. The maximum absolute atomic E-state index is 12.5. The molecule has 1 aliphatic heterocycles. The van der Waals surface area contributed by atoms with E-state index in [1.165, 1.54) is 0 Å². The van der Waals surface area contributed by atoms with Crippen LogP contribution in [0.4, 0.5) is 11.4 Å². The predicted octanol–water partition coefficient (Wildman–Crippen LogP) is 2.48. The van der Waals surface area contributed by atoms with Gasteiger partial charge < -0.3 is 15.4 Å². The van der Waals surface area contributed by atoms with E-state index >= 15 is 0 Å². The lowest BCUT2D eigenvalue weighted by atomic mass is 10.1. The third-order valence-corrected chi connectivity index (χ3v) is 3.50. The lowest BCUT2D eigenvalue weighted by Gasteiger charge is -2.18. The second kappa shape index (κ2) is 4.89. The average molecular weight is 268 g/mol. The second-order valence-corrected chi connectivity index (χ2v) is 4.88. The molecule has 0 aliphatic carbocycles. The number of nitrogen functional groups attached to an aromatic ring is 1. The molecule has 0 bridgehead atoms. The van der Waals surface area contributed by atoms with Gasteiger partial charge in [-0.25, -0.2) is 0 Å². The first-order valence-corrected chi connectivity index (χ1v) is 6.54. The SMILES string of the molecule is CN(C(=O)c1ccc2c(c1)CCO2)c1cccc(N)c1. The van der Waals surface area contributed by atoms with Gasteiger partial charge in [-0.15, -0.1) is 0 Å². The molecular formula is C16H16N2O2. The number of benzene rings is 2. The van der Waals surface area contributed by atoms with Gasteiger partial charge in [0, 0.05) is 30.4 Å². The summed E-state index contributed by atoms with van der Waals surface area (Å²) in [6, 6.07) is 12.9. The first kappa shape index (κ1) is 12.5. The molecular weight excluding hydrogens is 252 g/mol. The van der Waals surface area contributed by atoms with Gasteiger partial charge in [-0.1, -0.05) is 6.07 Å². The minimum atomic E-state index is -0.0506. The van der Waals surface area contributed by atoms with E-state index in [1.54, 1.807) is 30.1 Å². The average Bonchev–Trinajstić information content (AvgIpc) is 2.93. The molecule has 0 aromatic heterocycles. The molecule has 0 spiro atoms. The van der Waals surface area contributed by atoms with Crippen LogP contribution in [0.15, 0.2) is 42.5 Å². The topological polar surface area (TPSA) is 55.6 Å². The Hall–Kier alpha value is -2.49. The van der Waals surface area contributed by atoms with Crippen LogP contribution in [-0.2, 0) is 6.42 Å². The quantitative estimate of drug-likeness (QED) is 0.851. The van der Waals surface area contributed by atoms with Crippen LogP contribution in [0.3, 0.4) is 0 Å². The highest BCUT2D eigenvalue weighted by molar-refractivity contribution is 6.06. The molecule has 2 aromatic rings. The van der Waals surface area contributed by atoms with E-state index in [0.717, 1.165) is 23.4 Å². The molecule has 4 nitrogen and oxygen atoms in total. The van der Waals surface area contributed by atoms with Crippen LogP contribution in [0.1, 0.15) is 15.9 Å². The van der Waals surface area contributed by atoms with Gasteiger partial charge in [-0.05, 0) is 42.0 Å². The summed E-state index contributed by atoms with van der Waals surface area (Å²) in [5.41, 5.74) is 8.94. The fourth-order valence-corrected chi connectivity index (χ4v) is 2.36. The van der Waals surface area contributed by atoms with Gasteiger partial charge in [-0.3, -0.25) is 4.79 Å². The van der Waals surface area contributed by atoms with Crippen molar-refractivity contribution in [1.29, 1.82) is 0 Å². The first-order valence-electron chi connectivity index (χ1n) is 6.54. The predicted molar refractivity (Wildman–Crippen MR) is 79.2 cm³/mol. The molecule has 1 amide bonds. The van der Waals surface area contributed by atoms with E-state index < -0.39 is 0 Å². The van der Waals surface area contributed by atoms with Crippen LogP contribution < -0.4 is 15.4 Å². The zero-order valence-electron chi connectivity index (χ0n) is 11.3. The molecule has 0 fully saturated rings. The van der Waals surface area contributed by atoms with E-state index in [-0.39, 0.29) is 5.91 Å². The van der Waals surface area contributed by atoms with E-state index in [2.05, 4.69) is 0 Å². The fraction of sp³-hybridized carbons (Fsp3) is 0.188. The number of ether oxygens (including phenoxy) is 1. The van der Waals surface area contributed by atoms with Gasteiger partial charge in [0.15, 0.2) is 0 Å². The highest BCUT2D eigenvalue weighted by atomic mass is 16.5. The zero-order valence-corrected chi connectivity index (χ0v) is 11.3. The van der Waals surface area contributed by atoms with Crippen molar-refractivity contribution in [2.75, 3.05) is 24.3 Å². The van der Waals surface area contributed by atoms with Crippen LogP contribution in [0.5, 0.6) is 5.75 Å². The summed E-state index contributed by atoms with van der Waals surface area (Å²) in [7, 11) is 1.75. The van der Waals surface area contributed by atoms with Crippen molar-refractivity contribution in [1.82, 2.24) is 0 Å². The van der Waals surface area contributed by atoms with Crippen molar-refractivity contribution in [2.45, 2.75) is 6.42 Å². The summed E-state index contributed by atoms with van der Waals surface area (Å²) in [4.78, 5) is 14.1. The summed E-state index contributed by atoms with van der Waals surface area (Å²) in [6.07, 6.45) is 0.860. The van der Waals surface area contributed by atoms with E-state index in [9.17, 15) is 4.79 Å². The molecule has 0 unspecified atom stereocenters. The van der Waals surface area contributed by atoms with E-state index in [4.69, 9.17) is 10.5 Å². The zero-order chi connectivity index (χ0) is 14.1. The highest BCUT2D eigenvalue weighted by Gasteiger charge is 2.18. The Morgan fingerprint density at radius 2 is 2.10 bits per heavy atom. The number of anilines is 2. The van der Waals surface area contributed by atoms with Crippen LogP contribution >= 0.6 is 0 Å². The largest absolute Gasteiger partial charge is 0.493 e. The van der Waals surface area contributed by atoms with Crippen molar-refractivity contribution >= 4 is 17.3 Å². The Labute approximate surface area is 117 Å². The van der Waals surface area contributed by atoms with Gasteiger partial charge in [-0.2, -0.15) is 0 Å². The van der Waals surface area contributed by atoms with Crippen LogP contribution in [0.25, 0.3) is 0 Å². The Balaban J connectivity index is 1.88. The number of fused-ring (bicyclic) bond motifs is 1. The summed E-state index contributed by atoms with van der Waals surface area (Å²) in [5.74, 6) is 0.832. The maximum atomic E-state index is 12.5. The molecule has 0 saturated heterocycles. The molecule has 1 aliphatic rings. The van der Waals surface area contributed by atoms with Gasteiger partial charge in [0.2, 0.25) is 0 Å². The van der Waals surface area contributed by atoms with Gasteiger partial charge in [0.1, 0.15) is 5.75 Å². The van der Waals surface area contributed by atoms with Crippen molar-refractivity contribution in [3.63, 3.8) is 0 Å². The van der Waals surface area contributed by atoms with E-state index in [0.29, 0.717) is 17.9 Å². The standard InChI is InChI=1S/C16H16N2O2/c1-18(14-4-2-3-13(17)10-14)16(19)12-5-6-15-11(9-12)7-8-20-15/h2-6,9-10H,7-8,17H2,1H3. The maximum Gasteiger partial charge on any atom is 0.258 e. The van der Waals surface area contributed by atoms with Gasteiger partial charge in [0.25, 0.3) is 5.91 Å².